The van der Waals surface area contributed by atoms with Crippen LogP contribution in [0.5, 0.6) is 0 Å². The lowest BCUT2D eigenvalue weighted by atomic mass is 10.0. The minimum Gasteiger partial charge on any atom is -0.345 e. The molecule has 0 aliphatic rings. The lowest BCUT2D eigenvalue weighted by Gasteiger charge is -2.15. The minimum atomic E-state index is 0.00496. The van der Waals surface area contributed by atoms with E-state index in [1.165, 1.54) is 28.7 Å². The van der Waals surface area contributed by atoms with Crippen LogP contribution in [0.1, 0.15) is 84.9 Å². The van der Waals surface area contributed by atoms with Gasteiger partial charge in [0.15, 0.2) is 0 Å². The third-order valence-corrected chi connectivity index (χ3v) is 6.62. The molecule has 2 N–H and O–H groups in total. The zero-order chi connectivity index (χ0) is 25.3. The first-order valence-corrected chi connectivity index (χ1v) is 13.7. The maximum absolute atomic E-state index is 4.26. The van der Waals surface area contributed by atoms with Crippen LogP contribution in [0, 0.1) is 0 Å². The molecule has 2 rings (SSSR count). The Labute approximate surface area is 215 Å². The van der Waals surface area contributed by atoms with E-state index in [2.05, 4.69) is 89.6 Å². The average molecular weight is 495 g/mol. The van der Waals surface area contributed by atoms with Gasteiger partial charge in [-0.25, -0.2) is 9.97 Å². The molecule has 0 spiro atoms. The van der Waals surface area contributed by atoms with Crippen molar-refractivity contribution in [3.63, 3.8) is 0 Å². The van der Waals surface area contributed by atoms with Crippen molar-refractivity contribution in [1.29, 1.82) is 0 Å². The van der Waals surface area contributed by atoms with Crippen LogP contribution in [-0.2, 0) is 0 Å². The fourth-order valence-electron chi connectivity index (χ4n) is 3.48. The summed E-state index contributed by atoms with van der Waals surface area (Å²) in [6.07, 6.45) is 21.5. The van der Waals surface area contributed by atoms with E-state index >= 15 is 0 Å². The molecule has 2 aromatic heterocycles. The number of rotatable bonds is 16. The van der Waals surface area contributed by atoms with Gasteiger partial charge in [-0.1, -0.05) is 46.6 Å². The summed E-state index contributed by atoms with van der Waals surface area (Å²) in [4.78, 5) is 8.53. The van der Waals surface area contributed by atoms with Crippen molar-refractivity contribution in [3.8, 4) is 0 Å². The smallest absolute Gasteiger partial charge is 0.223 e. The zero-order valence-electron chi connectivity index (χ0n) is 22.1. The van der Waals surface area contributed by atoms with Crippen molar-refractivity contribution in [2.45, 2.75) is 79.2 Å². The number of thioether (sulfide) groups is 1. The summed E-state index contributed by atoms with van der Waals surface area (Å²) >= 11 is 1.87. The Balaban J connectivity index is 1.68. The molecule has 0 fully saturated rings. The summed E-state index contributed by atoms with van der Waals surface area (Å²) < 4.78 is 0. The molecule has 0 aliphatic carbocycles. The van der Waals surface area contributed by atoms with Crippen molar-refractivity contribution in [2.75, 3.05) is 16.8 Å². The van der Waals surface area contributed by atoms with Gasteiger partial charge < -0.3 is 5.32 Å². The van der Waals surface area contributed by atoms with E-state index in [9.17, 15) is 0 Å². The predicted octanol–water partition coefficient (Wildman–Crippen LogP) is 7.63. The zero-order valence-corrected chi connectivity index (χ0v) is 22.9. The van der Waals surface area contributed by atoms with Crippen LogP contribution >= 0.6 is 11.8 Å². The van der Waals surface area contributed by atoms with E-state index in [1.807, 2.05) is 17.8 Å². The molecular weight excluding hydrogens is 452 g/mol. The van der Waals surface area contributed by atoms with Crippen LogP contribution in [0.4, 0.5) is 5.95 Å². The molecule has 0 saturated carbocycles. The topological polar surface area (TPSA) is 79.4 Å². The maximum Gasteiger partial charge on any atom is 0.223 e. The third-order valence-electron chi connectivity index (χ3n) is 5.65. The number of H-pyrrole nitrogens is 1. The first-order chi connectivity index (χ1) is 16.9. The Morgan fingerprint density at radius 2 is 1.49 bits per heavy atom. The van der Waals surface area contributed by atoms with Crippen LogP contribution in [0.15, 0.2) is 71.3 Å². The molecule has 0 bridgehead atoms. The van der Waals surface area contributed by atoms with E-state index in [0.717, 1.165) is 49.3 Å². The van der Waals surface area contributed by atoms with E-state index in [1.54, 1.807) is 18.6 Å². The first-order valence-electron chi connectivity index (χ1n) is 12.5. The number of hydrogen-bond acceptors (Lipinski definition) is 6. The van der Waals surface area contributed by atoms with E-state index in [4.69, 9.17) is 0 Å². The molecule has 0 radical (unpaired) electrons. The lowest BCUT2D eigenvalue weighted by molar-refractivity contribution is 0.813. The van der Waals surface area contributed by atoms with Gasteiger partial charge in [-0.15, -0.1) is 0 Å². The molecule has 0 aromatic carbocycles. The number of aromatic nitrogens is 5. The number of hydrogen-bond donors (Lipinski definition) is 2. The van der Waals surface area contributed by atoms with E-state index < -0.39 is 0 Å². The van der Waals surface area contributed by atoms with Crippen LogP contribution in [0.25, 0.3) is 0 Å². The van der Waals surface area contributed by atoms with Gasteiger partial charge >= 0.3 is 0 Å². The summed E-state index contributed by atoms with van der Waals surface area (Å²) in [7, 11) is 0. The van der Waals surface area contributed by atoms with E-state index in [-0.39, 0.29) is 6.04 Å². The largest absolute Gasteiger partial charge is 0.345 e. The second kappa shape index (κ2) is 16.9. The highest BCUT2D eigenvalue weighted by Gasteiger charge is 2.15. The summed E-state index contributed by atoms with van der Waals surface area (Å²) in [5.74, 6) is 2.43. The molecule has 35 heavy (non-hydrogen) atoms. The summed E-state index contributed by atoms with van der Waals surface area (Å²) in [5, 5.41) is 14.2. The summed E-state index contributed by atoms with van der Waals surface area (Å²) in [6, 6.07) is 1.81. The lowest BCUT2D eigenvalue weighted by Crippen LogP contribution is -2.16. The summed E-state index contributed by atoms with van der Waals surface area (Å²) in [6.45, 7) is 11.1. The molecule has 1 unspecified atom stereocenters. The van der Waals surface area contributed by atoms with Gasteiger partial charge in [-0.05, 0) is 79.2 Å². The van der Waals surface area contributed by atoms with Gasteiger partial charge in [0, 0.05) is 23.9 Å². The molecule has 0 amide bonds. The molecule has 7 heteroatoms. The quantitative estimate of drug-likeness (QED) is 0.184. The van der Waals surface area contributed by atoms with Gasteiger partial charge in [0.25, 0.3) is 0 Å². The van der Waals surface area contributed by atoms with Gasteiger partial charge in [0.05, 0.1) is 12.2 Å². The van der Waals surface area contributed by atoms with Crippen molar-refractivity contribution in [1.82, 2.24) is 25.4 Å². The molecule has 0 saturated heterocycles. The standard InChI is InChI=1S/C28H42N6S/c1-22(2)10-6-11-23(3)12-7-13-24(4)14-8-15-25(5)16-19-35-21-27(26-20-31-34-33-26)32-28-29-17-9-18-30-28/h9-10,12,14,16-18,20,27H,6-8,11,13,15,19,21H2,1-5H3,(H,29,30,32)(H,31,33,34). The Morgan fingerprint density at radius 1 is 0.886 bits per heavy atom. The minimum absolute atomic E-state index is 0.00496. The molecular formula is C28H42N6S. The number of allylic oxidation sites excluding steroid dienone is 7. The second-order valence-corrected chi connectivity index (χ2v) is 10.3. The fraction of sp³-hybridized carbons (Fsp3) is 0.500. The monoisotopic (exact) mass is 494 g/mol. The van der Waals surface area contributed by atoms with Crippen molar-refractivity contribution in [3.05, 3.63) is 76.9 Å². The second-order valence-electron chi connectivity index (χ2n) is 9.25. The van der Waals surface area contributed by atoms with Gasteiger partial charge in [-0.3, -0.25) is 0 Å². The maximum atomic E-state index is 4.26. The molecule has 190 valence electrons. The molecule has 6 nitrogen and oxygen atoms in total. The van der Waals surface area contributed by atoms with Crippen LogP contribution in [-0.4, -0.2) is 36.9 Å². The summed E-state index contributed by atoms with van der Waals surface area (Å²) in [5.41, 5.74) is 6.71. The van der Waals surface area contributed by atoms with Crippen LogP contribution in [0.2, 0.25) is 0 Å². The highest BCUT2D eigenvalue weighted by molar-refractivity contribution is 7.99. The Kier molecular flexibility index (Phi) is 13.8. The molecule has 2 aromatic rings. The SMILES string of the molecule is CC(C)=CCCC(C)=CCCC(C)=CCCC(C)=CCSCC(Nc1ncccn1)c1cn[nH]n1. The fourth-order valence-corrected chi connectivity index (χ4v) is 4.51. The molecule has 0 aliphatic heterocycles. The van der Waals surface area contributed by atoms with Crippen LogP contribution < -0.4 is 5.32 Å². The molecule has 1 atom stereocenters. The van der Waals surface area contributed by atoms with Crippen molar-refractivity contribution >= 4 is 17.7 Å². The van der Waals surface area contributed by atoms with Crippen LogP contribution in [0.3, 0.4) is 0 Å². The number of nitrogens with one attached hydrogen (secondary N) is 2. The first kappa shape index (κ1) is 28.6. The van der Waals surface area contributed by atoms with Crippen molar-refractivity contribution in [2.24, 2.45) is 0 Å². The Hall–Kier alpha value is -2.67. The van der Waals surface area contributed by atoms with E-state index in [0.29, 0.717) is 5.95 Å². The number of anilines is 1. The predicted molar refractivity (Wildman–Crippen MR) is 151 cm³/mol. The third kappa shape index (κ3) is 13.1. The number of nitrogens with zero attached hydrogens (tertiary/aromatic N) is 4. The Bertz CT molecular complexity index is 957. The highest BCUT2D eigenvalue weighted by Crippen LogP contribution is 2.20. The van der Waals surface area contributed by atoms with Crippen molar-refractivity contribution < 1.29 is 0 Å². The van der Waals surface area contributed by atoms with Gasteiger partial charge in [-0.2, -0.15) is 27.2 Å². The molecule has 2 heterocycles. The normalized spacial score (nSPS) is 13.6. The van der Waals surface area contributed by atoms with Gasteiger partial charge in [0.1, 0.15) is 5.69 Å². The highest BCUT2D eigenvalue weighted by atomic mass is 32.2. The van der Waals surface area contributed by atoms with Gasteiger partial charge in [0.2, 0.25) is 5.95 Å². The average Bonchev–Trinajstić information content (AvgIpc) is 3.36. The Morgan fingerprint density at radius 3 is 2.06 bits per heavy atom. The number of aromatic amines is 1.